The SMILES string of the molecule is CCOc1ccc(CCNC(=O)CCc2c(C)nc(SC(F)F)[nH]c2=O)cc1OCC. The fourth-order valence-electron chi connectivity index (χ4n) is 2.94. The predicted molar refractivity (Wildman–Crippen MR) is 115 cm³/mol. The highest BCUT2D eigenvalue weighted by atomic mass is 32.2. The van der Waals surface area contributed by atoms with Crippen molar-refractivity contribution in [2.24, 2.45) is 0 Å². The average Bonchev–Trinajstić information content (AvgIpc) is 2.69. The fourth-order valence-corrected chi connectivity index (χ4v) is 3.45. The van der Waals surface area contributed by atoms with Crippen LogP contribution in [0.5, 0.6) is 11.5 Å². The van der Waals surface area contributed by atoms with Crippen LogP contribution >= 0.6 is 11.8 Å². The Morgan fingerprint density at radius 1 is 1.19 bits per heavy atom. The molecule has 1 aromatic carbocycles. The largest absolute Gasteiger partial charge is 0.490 e. The molecular formula is C21H27F2N3O4S. The van der Waals surface area contributed by atoms with Gasteiger partial charge >= 0.3 is 0 Å². The Kier molecular flexibility index (Phi) is 9.77. The molecule has 0 bridgehead atoms. The Bertz CT molecular complexity index is 937. The molecule has 170 valence electrons. The Hall–Kier alpha value is -2.62. The van der Waals surface area contributed by atoms with Crippen LogP contribution in [0.3, 0.4) is 0 Å². The molecule has 1 heterocycles. The third-order valence-corrected chi connectivity index (χ3v) is 4.94. The van der Waals surface area contributed by atoms with Crippen molar-refractivity contribution in [2.75, 3.05) is 19.8 Å². The molecule has 0 aliphatic rings. The molecule has 0 fully saturated rings. The van der Waals surface area contributed by atoms with Crippen molar-refractivity contribution in [3.63, 3.8) is 0 Å². The molecule has 0 saturated carbocycles. The number of aromatic amines is 1. The summed E-state index contributed by atoms with van der Waals surface area (Å²) in [5.41, 5.74) is 1.16. The zero-order valence-electron chi connectivity index (χ0n) is 17.8. The first-order chi connectivity index (χ1) is 14.8. The molecule has 0 radical (unpaired) electrons. The van der Waals surface area contributed by atoms with Gasteiger partial charge in [0, 0.05) is 24.2 Å². The van der Waals surface area contributed by atoms with E-state index in [0.29, 0.717) is 48.9 Å². The summed E-state index contributed by atoms with van der Waals surface area (Å²) in [5, 5.41) is 2.69. The van der Waals surface area contributed by atoms with Gasteiger partial charge in [-0.1, -0.05) is 6.07 Å². The molecule has 2 N–H and O–H groups in total. The molecule has 7 nitrogen and oxygen atoms in total. The lowest BCUT2D eigenvalue weighted by Crippen LogP contribution is -2.27. The van der Waals surface area contributed by atoms with Crippen molar-refractivity contribution in [3.8, 4) is 11.5 Å². The summed E-state index contributed by atoms with van der Waals surface area (Å²) in [7, 11) is 0. The molecule has 1 aromatic heterocycles. The van der Waals surface area contributed by atoms with E-state index in [1.165, 1.54) is 0 Å². The van der Waals surface area contributed by atoms with Gasteiger partial charge in [-0.2, -0.15) is 8.78 Å². The second-order valence-electron chi connectivity index (χ2n) is 6.56. The number of aromatic nitrogens is 2. The lowest BCUT2D eigenvalue weighted by molar-refractivity contribution is -0.121. The standard InChI is InChI=1S/C21H27F2N3O4S/c1-4-29-16-8-6-14(12-17(16)30-5-2)10-11-24-18(27)9-7-15-13(3)25-21(26-19(15)28)31-20(22)23/h6,8,12,20H,4-5,7,9-11H2,1-3H3,(H,24,27)(H,25,26,28). The summed E-state index contributed by atoms with van der Waals surface area (Å²) in [6.07, 6.45) is 0.885. The Balaban J connectivity index is 1.86. The summed E-state index contributed by atoms with van der Waals surface area (Å²) < 4.78 is 36.0. The van der Waals surface area contributed by atoms with Gasteiger partial charge in [-0.25, -0.2) is 4.98 Å². The minimum Gasteiger partial charge on any atom is -0.490 e. The van der Waals surface area contributed by atoms with Crippen LogP contribution in [0.1, 0.15) is 37.1 Å². The van der Waals surface area contributed by atoms with Crippen LogP contribution in [0.25, 0.3) is 0 Å². The molecule has 0 aliphatic heterocycles. The number of carbonyl (C=O) groups is 1. The zero-order valence-corrected chi connectivity index (χ0v) is 18.6. The summed E-state index contributed by atoms with van der Waals surface area (Å²) >= 11 is 0.180. The molecule has 0 saturated heterocycles. The number of hydrogen-bond acceptors (Lipinski definition) is 6. The average molecular weight is 456 g/mol. The van der Waals surface area contributed by atoms with E-state index < -0.39 is 11.3 Å². The Morgan fingerprint density at radius 3 is 2.55 bits per heavy atom. The maximum absolute atomic E-state index is 12.4. The smallest absolute Gasteiger partial charge is 0.291 e. The lowest BCUT2D eigenvalue weighted by Gasteiger charge is -2.12. The minimum absolute atomic E-state index is 0.0976. The number of thioether (sulfide) groups is 1. The number of alkyl halides is 2. The topological polar surface area (TPSA) is 93.3 Å². The van der Waals surface area contributed by atoms with Gasteiger partial charge in [0.15, 0.2) is 16.7 Å². The number of nitrogens with zero attached hydrogens (tertiary/aromatic N) is 1. The number of nitrogens with one attached hydrogen (secondary N) is 2. The number of benzene rings is 1. The second kappa shape index (κ2) is 12.3. The first-order valence-electron chi connectivity index (χ1n) is 10.0. The van der Waals surface area contributed by atoms with Crippen LogP contribution in [0.4, 0.5) is 8.78 Å². The molecule has 0 atom stereocenters. The van der Waals surface area contributed by atoms with Crippen molar-refractivity contribution in [2.45, 2.75) is 50.9 Å². The fraction of sp³-hybridized carbons (Fsp3) is 0.476. The maximum atomic E-state index is 12.4. The number of rotatable bonds is 12. The van der Waals surface area contributed by atoms with Crippen molar-refractivity contribution < 1.29 is 23.0 Å². The van der Waals surface area contributed by atoms with Crippen molar-refractivity contribution in [1.29, 1.82) is 0 Å². The van der Waals surface area contributed by atoms with Gasteiger partial charge in [-0.05, 0) is 63.1 Å². The first kappa shape index (κ1) is 24.6. The monoisotopic (exact) mass is 455 g/mol. The molecule has 2 rings (SSSR count). The molecule has 2 aromatic rings. The van der Waals surface area contributed by atoms with Gasteiger partial charge in [0.25, 0.3) is 11.3 Å². The summed E-state index contributed by atoms with van der Waals surface area (Å²) in [4.78, 5) is 30.6. The number of ether oxygens (including phenoxy) is 2. The zero-order chi connectivity index (χ0) is 22.8. The van der Waals surface area contributed by atoms with Crippen LogP contribution in [-0.4, -0.2) is 41.4 Å². The van der Waals surface area contributed by atoms with Gasteiger partial charge in [-0.15, -0.1) is 0 Å². The minimum atomic E-state index is -2.67. The second-order valence-corrected chi connectivity index (χ2v) is 7.54. The van der Waals surface area contributed by atoms with E-state index in [1.54, 1.807) is 6.92 Å². The number of amides is 1. The van der Waals surface area contributed by atoms with Gasteiger partial charge < -0.3 is 19.8 Å². The summed E-state index contributed by atoms with van der Waals surface area (Å²) in [5.74, 6) is -1.52. The van der Waals surface area contributed by atoms with E-state index in [-0.39, 0.29) is 35.7 Å². The van der Waals surface area contributed by atoms with Crippen LogP contribution in [0.2, 0.25) is 0 Å². The highest BCUT2D eigenvalue weighted by Gasteiger charge is 2.14. The third kappa shape index (κ3) is 7.86. The Labute approximate surface area is 183 Å². The Morgan fingerprint density at radius 2 is 1.90 bits per heavy atom. The summed E-state index contributed by atoms with van der Waals surface area (Å²) in [6, 6.07) is 5.67. The molecule has 0 spiro atoms. The van der Waals surface area contributed by atoms with Gasteiger partial charge in [0.2, 0.25) is 5.91 Å². The van der Waals surface area contributed by atoms with E-state index in [1.807, 2.05) is 32.0 Å². The number of H-pyrrole nitrogens is 1. The van der Waals surface area contributed by atoms with Gasteiger partial charge in [0.05, 0.1) is 13.2 Å². The third-order valence-electron chi connectivity index (χ3n) is 4.35. The quantitative estimate of drug-likeness (QED) is 0.376. The molecule has 1 amide bonds. The van der Waals surface area contributed by atoms with Crippen LogP contribution in [-0.2, 0) is 17.6 Å². The number of carbonyl (C=O) groups excluding carboxylic acids is 1. The highest BCUT2D eigenvalue weighted by molar-refractivity contribution is 7.99. The first-order valence-corrected chi connectivity index (χ1v) is 10.9. The molecule has 0 unspecified atom stereocenters. The number of halogens is 2. The van der Waals surface area contributed by atoms with E-state index in [9.17, 15) is 18.4 Å². The van der Waals surface area contributed by atoms with Crippen molar-refractivity contribution in [3.05, 3.63) is 45.4 Å². The van der Waals surface area contributed by atoms with Crippen molar-refractivity contribution >= 4 is 17.7 Å². The van der Waals surface area contributed by atoms with Gasteiger partial charge in [0.1, 0.15) is 0 Å². The van der Waals surface area contributed by atoms with Crippen LogP contribution in [0.15, 0.2) is 28.2 Å². The van der Waals surface area contributed by atoms with E-state index in [4.69, 9.17) is 9.47 Å². The maximum Gasteiger partial charge on any atom is 0.291 e. The van der Waals surface area contributed by atoms with Crippen molar-refractivity contribution in [1.82, 2.24) is 15.3 Å². The van der Waals surface area contributed by atoms with Crippen LogP contribution in [0, 0.1) is 6.92 Å². The van der Waals surface area contributed by atoms with E-state index in [0.717, 1.165) is 5.56 Å². The number of aryl methyl sites for hydroxylation is 1. The highest BCUT2D eigenvalue weighted by Crippen LogP contribution is 2.28. The predicted octanol–water partition coefficient (Wildman–Crippen LogP) is 3.48. The van der Waals surface area contributed by atoms with Gasteiger partial charge in [-0.3, -0.25) is 9.59 Å². The van der Waals surface area contributed by atoms with Crippen LogP contribution < -0.4 is 20.3 Å². The lowest BCUT2D eigenvalue weighted by atomic mass is 10.1. The molecular weight excluding hydrogens is 428 g/mol. The van der Waals surface area contributed by atoms with E-state index >= 15 is 0 Å². The summed E-state index contributed by atoms with van der Waals surface area (Å²) in [6.45, 7) is 6.86. The number of hydrogen-bond donors (Lipinski definition) is 2. The molecule has 0 aliphatic carbocycles. The molecule has 31 heavy (non-hydrogen) atoms. The molecule has 10 heteroatoms. The normalized spacial score (nSPS) is 10.9. The van der Waals surface area contributed by atoms with E-state index in [2.05, 4.69) is 15.3 Å².